The van der Waals surface area contributed by atoms with Gasteiger partial charge >= 0.3 is 0 Å². The molecule has 0 aliphatic heterocycles. The van der Waals surface area contributed by atoms with Crippen LogP contribution in [0.3, 0.4) is 0 Å². The molecule has 0 bridgehead atoms. The summed E-state index contributed by atoms with van der Waals surface area (Å²) in [4.78, 5) is 4.72. The van der Waals surface area contributed by atoms with Crippen LogP contribution in [0.1, 0.15) is 12.7 Å². The molecule has 1 aromatic rings. The quantitative estimate of drug-likeness (QED) is 0.521. The molecule has 11 heavy (non-hydrogen) atoms. The maximum atomic E-state index is 4.95. The van der Waals surface area contributed by atoms with Crippen molar-refractivity contribution in [1.82, 2.24) is 0 Å². The number of rotatable bonds is 3. The van der Waals surface area contributed by atoms with Crippen molar-refractivity contribution in [2.75, 3.05) is 6.61 Å². The Morgan fingerprint density at radius 2 is 2.55 bits per heavy atom. The average molecular weight is 176 g/mol. The lowest BCUT2D eigenvalue weighted by Gasteiger charge is -1.87. The Hall–Kier alpha value is -0.960. The highest BCUT2D eigenvalue weighted by Crippen LogP contribution is 1.94. The highest BCUT2D eigenvalue weighted by molar-refractivity contribution is 5.85. The smallest absolute Gasteiger partial charge is 0.148 e. The molecule has 0 amide bonds. The van der Waals surface area contributed by atoms with E-state index in [1.165, 1.54) is 6.21 Å². The van der Waals surface area contributed by atoms with Crippen LogP contribution in [0, 0.1) is 0 Å². The van der Waals surface area contributed by atoms with E-state index < -0.39 is 0 Å². The lowest BCUT2D eigenvalue weighted by Crippen LogP contribution is -1.80. The summed E-state index contributed by atoms with van der Waals surface area (Å²) >= 11 is 0. The van der Waals surface area contributed by atoms with Crippen LogP contribution in [0.25, 0.3) is 0 Å². The van der Waals surface area contributed by atoms with Crippen LogP contribution in [-0.4, -0.2) is 12.8 Å². The summed E-state index contributed by atoms with van der Waals surface area (Å²) < 4.78 is 4.95. The van der Waals surface area contributed by atoms with Gasteiger partial charge in [0.15, 0.2) is 0 Å². The maximum Gasteiger partial charge on any atom is 0.148 e. The standard InChI is InChI=1S/C7H9NO2.ClH/c1-2-10-8-6-7-4-3-5-9-7;/h3-6H,2H2,1H3;1H/b8-6+;. The maximum absolute atomic E-state index is 4.95. The zero-order valence-corrected chi connectivity index (χ0v) is 7.00. The molecular formula is C7H10ClNO2. The zero-order chi connectivity index (χ0) is 7.23. The Kier molecular flexibility index (Phi) is 5.29. The van der Waals surface area contributed by atoms with Crippen LogP contribution in [0.15, 0.2) is 28.0 Å². The second kappa shape index (κ2) is 5.80. The summed E-state index contributed by atoms with van der Waals surface area (Å²) in [7, 11) is 0. The molecule has 1 heterocycles. The third kappa shape index (κ3) is 3.68. The predicted octanol–water partition coefficient (Wildman–Crippen LogP) is 2.07. The zero-order valence-electron chi connectivity index (χ0n) is 6.19. The second-order valence-corrected chi connectivity index (χ2v) is 1.67. The van der Waals surface area contributed by atoms with Gasteiger partial charge in [-0.1, -0.05) is 5.16 Å². The number of hydrogen-bond donors (Lipinski definition) is 0. The molecule has 4 heteroatoms. The van der Waals surface area contributed by atoms with Crippen molar-refractivity contribution in [3.63, 3.8) is 0 Å². The molecule has 0 atom stereocenters. The summed E-state index contributed by atoms with van der Waals surface area (Å²) in [6.45, 7) is 2.46. The van der Waals surface area contributed by atoms with Crippen LogP contribution >= 0.6 is 12.4 Å². The van der Waals surface area contributed by atoms with Gasteiger partial charge in [0.2, 0.25) is 0 Å². The van der Waals surface area contributed by atoms with E-state index in [1.54, 1.807) is 12.3 Å². The second-order valence-electron chi connectivity index (χ2n) is 1.67. The van der Waals surface area contributed by atoms with Crippen LogP contribution in [0.4, 0.5) is 0 Å². The van der Waals surface area contributed by atoms with Gasteiger partial charge < -0.3 is 9.25 Å². The summed E-state index contributed by atoms with van der Waals surface area (Å²) in [5.74, 6) is 0.702. The fraction of sp³-hybridized carbons (Fsp3) is 0.286. The van der Waals surface area contributed by atoms with E-state index >= 15 is 0 Å². The van der Waals surface area contributed by atoms with E-state index in [-0.39, 0.29) is 12.4 Å². The van der Waals surface area contributed by atoms with Crippen LogP contribution in [0.2, 0.25) is 0 Å². The van der Waals surface area contributed by atoms with Crippen LogP contribution in [0.5, 0.6) is 0 Å². The highest BCUT2D eigenvalue weighted by Gasteiger charge is 1.86. The fourth-order valence-electron chi connectivity index (χ4n) is 0.528. The Bertz CT molecular complexity index is 196. The number of oxime groups is 1. The van der Waals surface area contributed by atoms with Gasteiger partial charge in [-0.2, -0.15) is 0 Å². The van der Waals surface area contributed by atoms with E-state index in [9.17, 15) is 0 Å². The van der Waals surface area contributed by atoms with Crippen molar-refractivity contribution in [2.45, 2.75) is 6.92 Å². The first-order valence-electron chi connectivity index (χ1n) is 3.12. The summed E-state index contributed by atoms with van der Waals surface area (Å²) in [6.07, 6.45) is 3.12. The van der Waals surface area contributed by atoms with Crippen molar-refractivity contribution >= 4 is 18.6 Å². The Balaban J connectivity index is 0.000001000. The third-order valence-corrected chi connectivity index (χ3v) is 0.927. The van der Waals surface area contributed by atoms with Gasteiger partial charge in [0.25, 0.3) is 0 Å². The molecule has 0 unspecified atom stereocenters. The monoisotopic (exact) mass is 175 g/mol. The first-order valence-corrected chi connectivity index (χ1v) is 3.12. The van der Waals surface area contributed by atoms with Crippen LogP contribution in [-0.2, 0) is 4.84 Å². The van der Waals surface area contributed by atoms with E-state index in [2.05, 4.69) is 5.16 Å². The summed E-state index contributed by atoms with van der Waals surface area (Å²) in [6, 6.07) is 3.61. The molecule has 1 aromatic heterocycles. The molecule has 0 fully saturated rings. The third-order valence-electron chi connectivity index (χ3n) is 0.927. The van der Waals surface area contributed by atoms with Gasteiger partial charge in [-0.3, -0.25) is 0 Å². The molecule has 0 spiro atoms. The van der Waals surface area contributed by atoms with E-state index in [0.717, 1.165) is 0 Å². The topological polar surface area (TPSA) is 34.7 Å². The molecule has 0 aliphatic carbocycles. The summed E-state index contributed by atoms with van der Waals surface area (Å²) in [5.41, 5.74) is 0. The minimum absolute atomic E-state index is 0. The van der Waals surface area contributed by atoms with Crippen LogP contribution < -0.4 is 0 Å². The molecule has 0 radical (unpaired) electrons. The van der Waals surface area contributed by atoms with Gasteiger partial charge in [-0.15, -0.1) is 12.4 Å². The van der Waals surface area contributed by atoms with Crippen molar-refractivity contribution in [2.24, 2.45) is 5.16 Å². The molecule has 0 saturated heterocycles. The molecule has 0 N–H and O–H groups in total. The van der Waals surface area contributed by atoms with Gasteiger partial charge in [0.1, 0.15) is 18.6 Å². The average Bonchev–Trinajstić information content (AvgIpc) is 2.41. The number of halogens is 1. The molecule has 62 valence electrons. The molecule has 0 aliphatic rings. The van der Waals surface area contributed by atoms with Gasteiger partial charge in [-0.25, -0.2) is 0 Å². The van der Waals surface area contributed by atoms with Gasteiger partial charge in [0, 0.05) is 0 Å². The SMILES string of the molecule is CCO/N=C/c1ccco1.Cl. The molecule has 3 nitrogen and oxygen atoms in total. The van der Waals surface area contributed by atoms with Gasteiger partial charge in [-0.05, 0) is 19.1 Å². The molecule has 0 aromatic carbocycles. The minimum atomic E-state index is 0. The number of furan rings is 1. The number of nitrogens with zero attached hydrogens (tertiary/aromatic N) is 1. The van der Waals surface area contributed by atoms with Crippen molar-refractivity contribution in [1.29, 1.82) is 0 Å². The van der Waals surface area contributed by atoms with E-state index in [1.807, 2.05) is 13.0 Å². The first kappa shape index (κ1) is 10.0. The summed E-state index contributed by atoms with van der Waals surface area (Å²) in [5, 5.41) is 3.61. The first-order chi connectivity index (χ1) is 4.93. The highest BCUT2D eigenvalue weighted by atomic mass is 35.5. The lowest BCUT2D eigenvalue weighted by molar-refractivity contribution is 0.160. The van der Waals surface area contributed by atoms with Crippen molar-refractivity contribution < 1.29 is 9.25 Å². The number of hydrogen-bond acceptors (Lipinski definition) is 3. The van der Waals surface area contributed by atoms with E-state index in [4.69, 9.17) is 9.25 Å². The molecule has 0 saturated carbocycles. The van der Waals surface area contributed by atoms with Crippen molar-refractivity contribution in [3.8, 4) is 0 Å². The van der Waals surface area contributed by atoms with E-state index in [0.29, 0.717) is 12.4 Å². The fourth-order valence-corrected chi connectivity index (χ4v) is 0.528. The van der Waals surface area contributed by atoms with Gasteiger partial charge in [0.05, 0.1) is 6.26 Å². The minimum Gasteiger partial charge on any atom is -0.463 e. The van der Waals surface area contributed by atoms with Crippen molar-refractivity contribution in [3.05, 3.63) is 24.2 Å². The normalized spacial score (nSPS) is 9.55. The Morgan fingerprint density at radius 3 is 3.09 bits per heavy atom. The lowest BCUT2D eigenvalue weighted by atomic mass is 10.5. The Morgan fingerprint density at radius 1 is 1.73 bits per heavy atom. The molecule has 1 rings (SSSR count). The predicted molar refractivity (Wildman–Crippen MR) is 45.2 cm³/mol. The molecular weight excluding hydrogens is 166 g/mol. The Labute approximate surface area is 71.4 Å². The largest absolute Gasteiger partial charge is 0.463 e.